The first-order valence-electron chi connectivity index (χ1n) is 12.5. The van der Waals surface area contributed by atoms with Gasteiger partial charge in [0.1, 0.15) is 28.9 Å². The van der Waals surface area contributed by atoms with Crippen molar-refractivity contribution in [3.05, 3.63) is 120 Å². The highest BCUT2D eigenvalue weighted by molar-refractivity contribution is 7.95. The van der Waals surface area contributed by atoms with E-state index in [0.717, 1.165) is 17.3 Å². The van der Waals surface area contributed by atoms with Crippen molar-refractivity contribution in [3.63, 3.8) is 0 Å². The summed E-state index contributed by atoms with van der Waals surface area (Å²) in [4.78, 5) is 0. The maximum absolute atomic E-state index is 11.3. The van der Waals surface area contributed by atoms with Crippen molar-refractivity contribution in [2.24, 2.45) is 0 Å². The van der Waals surface area contributed by atoms with Gasteiger partial charge in [-0.2, -0.15) is 0 Å². The second-order valence-corrected chi connectivity index (χ2v) is 15.0. The van der Waals surface area contributed by atoms with Crippen molar-refractivity contribution in [2.45, 2.75) is 58.5 Å². The van der Waals surface area contributed by atoms with E-state index in [2.05, 4.69) is 145 Å². The van der Waals surface area contributed by atoms with E-state index in [9.17, 15) is 5.11 Å². The van der Waals surface area contributed by atoms with Crippen LogP contribution in [-0.2, 0) is 17.0 Å². The van der Waals surface area contributed by atoms with Gasteiger partial charge >= 0.3 is 0 Å². The zero-order chi connectivity index (χ0) is 25.3. The van der Waals surface area contributed by atoms with Gasteiger partial charge in [-0.3, -0.25) is 0 Å². The van der Waals surface area contributed by atoms with Crippen molar-refractivity contribution in [3.8, 4) is 5.75 Å². The number of phenolic OH excluding ortho intramolecular Hbond substituents is 1. The number of halogens is 2. The maximum atomic E-state index is 11.3. The summed E-state index contributed by atoms with van der Waals surface area (Å²) in [6, 6.07) is 37.6. The molecular weight excluding hydrogens is 634 g/mol. The van der Waals surface area contributed by atoms with E-state index in [4.69, 9.17) is 0 Å². The first-order valence-corrected chi connectivity index (χ1v) is 14.4. The molecule has 0 fully saturated rings. The maximum Gasteiger partial charge on any atom is 0.123 e. The zero-order valence-corrected chi connectivity index (χ0v) is 29.7. The minimum Gasteiger partial charge on any atom is -1.00 e. The minimum atomic E-state index is -2.02. The van der Waals surface area contributed by atoms with Crippen LogP contribution in [0.5, 0.6) is 5.75 Å². The van der Waals surface area contributed by atoms with Gasteiger partial charge in [0, 0.05) is 0 Å². The van der Waals surface area contributed by atoms with Gasteiger partial charge in [0.2, 0.25) is 0 Å². The lowest BCUT2D eigenvalue weighted by Gasteiger charge is -2.31. The van der Waals surface area contributed by atoms with Crippen LogP contribution in [0.2, 0.25) is 0 Å². The van der Waals surface area contributed by atoms with Crippen LogP contribution < -0.4 is 49.9 Å². The van der Waals surface area contributed by atoms with Crippen LogP contribution in [0.25, 0.3) is 0 Å². The number of hydrogen-bond acceptors (Lipinski definition) is 1. The van der Waals surface area contributed by atoms with Crippen LogP contribution in [-0.4, -0.2) is 5.11 Å². The highest BCUT2D eigenvalue weighted by Gasteiger charge is 2.45. The Hall–Kier alpha value is -1.50. The Morgan fingerprint density at radius 2 is 0.842 bits per heavy atom. The number of hydrogen-bond donors (Lipinski definition) is 1. The smallest absolute Gasteiger partial charge is 0.123 e. The molecule has 1 unspecified atom stereocenters. The van der Waals surface area contributed by atoms with E-state index in [1.165, 1.54) is 21.5 Å². The summed E-state index contributed by atoms with van der Waals surface area (Å²) in [6.07, 6.45) is 0.900. The topological polar surface area (TPSA) is 20.2 Å². The molecule has 0 amide bonds. The Bertz CT molecular complexity index is 1150. The molecule has 4 aromatic rings. The van der Waals surface area contributed by atoms with Crippen LogP contribution in [0.4, 0.5) is 0 Å². The largest absolute Gasteiger partial charge is 1.00 e. The molecule has 0 aliphatic heterocycles. The standard InChI is InChI=1S/C33H37OP.2BrH.H3P/c1-32(2,3)29-22-25(23-30(31(29)34)33(4,5)6)24-35(26-16-10-7-11-17-26,27-18-12-8-13-19-27)28-20-14-9-15-21-28;;;/h7-23H,24H2,1-6H3;2*1H;1H3. The molecule has 0 aliphatic carbocycles. The molecule has 0 bridgehead atoms. The Balaban J connectivity index is 0.00000241. The molecule has 0 heterocycles. The second kappa shape index (κ2) is 13.7. The van der Waals surface area contributed by atoms with Gasteiger partial charge in [-0.15, -0.1) is 0 Å². The molecule has 5 heteroatoms. The average Bonchev–Trinajstić information content (AvgIpc) is 2.83. The second-order valence-electron chi connectivity index (χ2n) is 11.5. The summed E-state index contributed by atoms with van der Waals surface area (Å²) in [7, 11) is -2.02. The molecule has 1 atom stereocenters. The third kappa shape index (κ3) is 7.17. The van der Waals surface area contributed by atoms with Crippen molar-refractivity contribution >= 4 is 33.1 Å². The molecule has 0 aromatic heterocycles. The fourth-order valence-electron chi connectivity index (χ4n) is 4.97. The molecular formula is C33H42Br2OP2. The molecule has 204 valence electrons. The van der Waals surface area contributed by atoms with Crippen molar-refractivity contribution < 1.29 is 39.1 Å². The number of benzene rings is 4. The van der Waals surface area contributed by atoms with Crippen LogP contribution in [0.3, 0.4) is 0 Å². The van der Waals surface area contributed by atoms with Crippen LogP contribution in [0.1, 0.15) is 58.2 Å². The van der Waals surface area contributed by atoms with Gasteiger partial charge in [0.05, 0.1) is 6.16 Å². The van der Waals surface area contributed by atoms with E-state index in [1.54, 1.807) is 0 Å². The monoisotopic (exact) mass is 674 g/mol. The number of aromatic hydroxyl groups is 1. The zero-order valence-electron chi connectivity index (χ0n) is 23.7. The molecule has 38 heavy (non-hydrogen) atoms. The number of phenols is 1. The first-order chi connectivity index (χ1) is 16.5. The van der Waals surface area contributed by atoms with Gasteiger partial charge in [-0.1, -0.05) is 96.1 Å². The quantitative estimate of drug-likeness (QED) is 0.317. The highest BCUT2D eigenvalue weighted by atomic mass is 79.9. The SMILES string of the molecule is CC(C)(C)c1cc(C[P+](c2ccccc2)(c2ccccc2)c2ccccc2)cc(C(C)(C)C)c1O.[Br-].[Br-].[PH4+]. The van der Waals surface area contributed by atoms with E-state index < -0.39 is 7.26 Å². The number of rotatable bonds is 5. The third-order valence-corrected chi connectivity index (χ3v) is 11.2. The molecule has 4 rings (SSSR count). The lowest BCUT2D eigenvalue weighted by molar-refractivity contribution is -0.001000. The summed E-state index contributed by atoms with van der Waals surface area (Å²) in [5.74, 6) is 0.441. The van der Waals surface area contributed by atoms with Crippen molar-refractivity contribution in [1.82, 2.24) is 0 Å². The van der Waals surface area contributed by atoms with Crippen molar-refractivity contribution in [2.75, 3.05) is 0 Å². The van der Waals surface area contributed by atoms with E-state index in [0.29, 0.717) is 5.75 Å². The summed E-state index contributed by atoms with van der Waals surface area (Å²) in [5, 5.41) is 15.5. The Kier molecular flexibility index (Phi) is 12.5. The third-order valence-electron chi connectivity index (χ3n) is 6.80. The summed E-state index contributed by atoms with van der Waals surface area (Å²) in [6.45, 7) is 13.1. The molecule has 0 spiro atoms. The van der Waals surface area contributed by atoms with Gasteiger partial charge in [0.25, 0.3) is 0 Å². The highest BCUT2D eigenvalue weighted by Crippen LogP contribution is 2.58. The lowest BCUT2D eigenvalue weighted by atomic mass is 9.78. The predicted octanol–water partition coefficient (Wildman–Crippen LogP) is 1.28. The predicted molar refractivity (Wildman–Crippen MR) is 167 cm³/mol. The van der Waals surface area contributed by atoms with Gasteiger partial charge in [-0.05, 0) is 86.0 Å². The van der Waals surface area contributed by atoms with Crippen molar-refractivity contribution in [1.29, 1.82) is 0 Å². The summed E-state index contributed by atoms with van der Waals surface area (Å²) >= 11 is 0. The van der Waals surface area contributed by atoms with E-state index >= 15 is 0 Å². The van der Waals surface area contributed by atoms with Crippen LogP contribution in [0, 0.1) is 0 Å². The fourth-order valence-corrected chi connectivity index (χ4v) is 9.19. The molecule has 4 aromatic carbocycles. The van der Waals surface area contributed by atoms with Gasteiger partial charge in [-0.25, -0.2) is 0 Å². The Labute approximate surface area is 255 Å². The van der Waals surface area contributed by atoms with Gasteiger partial charge < -0.3 is 39.1 Å². The average molecular weight is 676 g/mol. The van der Waals surface area contributed by atoms with Crippen LogP contribution >= 0.6 is 17.2 Å². The van der Waals surface area contributed by atoms with Crippen LogP contribution in [0.15, 0.2) is 103 Å². The molecule has 0 radical (unpaired) electrons. The lowest BCUT2D eigenvalue weighted by Crippen LogP contribution is -3.00. The fraction of sp³-hybridized carbons (Fsp3) is 0.273. The molecule has 0 saturated carbocycles. The molecule has 0 saturated heterocycles. The first kappa shape index (κ1) is 34.5. The minimum absolute atomic E-state index is 0. The van der Waals surface area contributed by atoms with Gasteiger partial charge in [0.15, 0.2) is 0 Å². The van der Waals surface area contributed by atoms with E-state index in [-0.39, 0.29) is 54.7 Å². The molecule has 0 aliphatic rings. The summed E-state index contributed by atoms with van der Waals surface area (Å²) < 4.78 is 0. The normalized spacial score (nSPS) is 11.5. The Morgan fingerprint density at radius 3 is 1.11 bits per heavy atom. The van der Waals surface area contributed by atoms with E-state index in [1.807, 2.05) is 0 Å². The summed E-state index contributed by atoms with van der Waals surface area (Å²) in [5.41, 5.74) is 3.00. The molecule has 1 N–H and O–H groups in total. The Morgan fingerprint density at radius 1 is 0.553 bits per heavy atom. The molecule has 1 nitrogen and oxygen atoms in total.